The third-order valence-corrected chi connectivity index (χ3v) is 6.02. The van der Waals surface area contributed by atoms with Crippen molar-refractivity contribution in [1.29, 1.82) is 0 Å². The monoisotopic (exact) mass is 474 g/mol. The van der Waals surface area contributed by atoms with E-state index in [-0.39, 0.29) is 24.3 Å². The summed E-state index contributed by atoms with van der Waals surface area (Å²) in [6.07, 6.45) is 1.12. The number of alkyl halides is 2. The number of aromatic nitrogens is 3. The van der Waals surface area contributed by atoms with Crippen LogP contribution in [0.4, 0.5) is 24.5 Å². The van der Waals surface area contributed by atoms with E-state index in [1.165, 1.54) is 23.2 Å². The van der Waals surface area contributed by atoms with Crippen LogP contribution in [0.25, 0.3) is 11.5 Å². The molecule has 1 aliphatic heterocycles. The van der Waals surface area contributed by atoms with Gasteiger partial charge in [0.15, 0.2) is 0 Å². The van der Waals surface area contributed by atoms with Gasteiger partial charge in [-0.05, 0) is 63.3 Å². The van der Waals surface area contributed by atoms with E-state index in [2.05, 4.69) is 27.1 Å². The van der Waals surface area contributed by atoms with Gasteiger partial charge in [0.2, 0.25) is 12.3 Å². The number of halogens is 3. The third-order valence-electron chi connectivity index (χ3n) is 6.02. The minimum Gasteiger partial charge on any atom is -0.415 e. The molecule has 0 atom stereocenters. The zero-order chi connectivity index (χ0) is 24.2. The molecule has 1 aromatic carbocycles. The maximum absolute atomic E-state index is 14.2. The fraction of sp³-hybridized carbons (Fsp3) is 0.391. The van der Waals surface area contributed by atoms with Gasteiger partial charge >= 0.3 is 6.43 Å². The molecule has 0 aliphatic carbocycles. The highest BCUT2D eigenvalue weighted by Crippen LogP contribution is 2.33. The van der Waals surface area contributed by atoms with Gasteiger partial charge in [-0.25, -0.2) is 4.39 Å². The summed E-state index contributed by atoms with van der Waals surface area (Å²) < 4.78 is 44.5. The van der Waals surface area contributed by atoms with Crippen molar-refractivity contribution in [1.82, 2.24) is 20.1 Å². The van der Waals surface area contributed by atoms with Gasteiger partial charge in [-0.2, -0.15) is 8.78 Å². The van der Waals surface area contributed by atoms with Crippen molar-refractivity contribution in [2.75, 3.05) is 37.0 Å². The second kappa shape index (κ2) is 10.2. The van der Waals surface area contributed by atoms with Gasteiger partial charge in [0.1, 0.15) is 5.82 Å². The Morgan fingerprint density at radius 3 is 2.56 bits per heavy atom. The summed E-state index contributed by atoms with van der Waals surface area (Å²) in [6, 6.07) is 7.83. The lowest BCUT2D eigenvalue weighted by atomic mass is 10.0. The van der Waals surface area contributed by atoms with Crippen molar-refractivity contribution < 1.29 is 22.4 Å². The molecular weight excluding hydrogens is 449 g/mol. The Morgan fingerprint density at radius 2 is 1.94 bits per heavy atom. The second-order valence-electron chi connectivity index (χ2n) is 8.30. The van der Waals surface area contributed by atoms with Crippen molar-refractivity contribution in [2.45, 2.75) is 31.9 Å². The van der Waals surface area contributed by atoms with Crippen LogP contribution in [-0.2, 0) is 11.3 Å². The average Bonchev–Trinajstić information content (AvgIpc) is 3.34. The highest BCUT2D eigenvalue weighted by atomic mass is 19.3. The summed E-state index contributed by atoms with van der Waals surface area (Å²) in [5.41, 5.74) is 2.12. The van der Waals surface area contributed by atoms with Crippen LogP contribution >= 0.6 is 0 Å². The van der Waals surface area contributed by atoms with Crippen LogP contribution in [0.2, 0.25) is 0 Å². The van der Waals surface area contributed by atoms with Gasteiger partial charge < -0.3 is 19.1 Å². The van der Waals surface area contributed by atoms with Crippen LogP contribution in [0.1, 0.15) is 30.9 Å². The summed E-state index contributed by atoms with van der Waals surface area (Å²) in [7, 11) is 3.99. The fourth-order valence-electron chi connectivity index (χ4n) is 4.04. The molecule has 0 saturated carbocycles. The topological polar surface area (TPSA) is 78.6 Å². The molecule has 4 rings (SSSR count). The highest BCUT2D eigenvalue weighted by molar-refractivity contribution is 5.84. The molecule has 1 saturated heterocycles. The molecule has 1 amide bonds. The molecule has 0 spiro atoms. The fourth-order valence-corrected chi connectivity index (χ4v) is 4.04. The molecule has 11 heteroatoms. The van der Waals surface area contributed by atoms with E-state index in [4.69, 9.17) is 4.42 Å². The number of carbonyl (C=O) groups excluding carboxylic acids is 1. The van der Waals surface area contributed by atoms with Gasteiger partial charge in [-0.1, -0.05) is 0 Å². The molecule has 1 aliphatic rings. The van der Waals surface area contributed by atoms with Crippen LogP contribution in [0, 0.1) is 5.82 Å². The Hall–Kier alpha value is -3.47. The van der Waals surface area contributed by atoms with Crippen LogP contribution in [0.15, 0.2) is 40.9 Å². The largest absolute Gasteiger partial charge is 0.415 e. The quantitative estimate of drug-likeness (QED) is 0.458. The number of benzene rings is 1. The Morgan fingerprint density at radius 1 is 1.18 bits per heavy atom. The molecule has 8 nitrogen and oxygen atoms in total. The molecule has 0 bridgehead atoms. The molecule has 3 aromatic rings. The minimum absolute atomic E-state index is 0.0674. The summed E-state index contributed by atoms with van der Waals surface area (Å²) in [6.45, 7) is 2.04. The van der Waals surface area contributed by atoms with Crippen molar-refractivity contribution in [3.8, 4) is 11.5 Å². The average molecular weight is 474 g/mol. The van der Waals surface area contributed by atoms with Crippen LogP contribution in [0.5, 0.6) is 0 Å². The predicted molar refractivity (Wildman–Crippen MR) is 120 cm³/mol. The molecule has 1 fully saturated rings. The van der Waals surface area contributed by atoms with E-state index >= 15 is 0 Å². The maximum atomic E-state index is 14.2. The highest BCUT2D eigenvalue weighted by Gasteiger charge is 2.24. The van der Waals surface area contributed by atoms with Gasteiger partial charge in [0.25, 0.3) is 5.89 Å². The summed E-state index contributed by atoms with van der Waals surface area (Å²) in [5.74, 6) is -1.21. The summed E-state index contributed by atoms with van der Waals surface area (Å²) >= 11 is 0. The van der Waals surface area contributed by atoms with Crippen molar-refractivity contribution in [3.05, 3.63) is 53.9 Å². The van der Waals surface area contributed by atoms with Crippen LogP contribution < -0.4 is 9.80 Å². The smallest absolute Gasteiger partial charge is 0.314 e. The van der Waals surface area contributed by atoms with Crippen molar-refractivity contribution in [2.24, 2.45) is 0 Å². The zero-order valence-electron chi connectivity index (χ0n) is 18.9. The molecular formula is C23H25F3N6O2. The first kappa shape index (κ1) is 23.7. The normalized spacial score (nSPS) is 15.0. The van der Waals surface area contributed by atoms with E-state index in [1.54, 1.807) is 18.2 Å². The zero-order valence-corrected chi connectivity index (χ0v) is 18.9. The maximum Gasteiger partial charge on any atom is 0.314 e. The first-order chi connectivity index (χ1) is 16.4. The van der Waals surface area contributed by atoms with Gasteiger partial charge in [-0.3, -0.25) is 9.78 Å². The molecule has 3 heterocycles. The lowest BCUT2D eigenvalue weighted by Gasteiger charge is -2.38. The van der Waals surface area contributed by atoms with E-state index in [0.717, 1.165) is 25.9 Å². The van der Waals surface area contributed by atoms with Gasteiger partial charge in [0.05, 0.1) is 29.2 Å². The lowest BCUT2D eigenvalue weighted by molar-refractivity contribution is -0.107. The number of rotatable bonds is 8. The number of piperidine rings is 1. The number of likely N-dealkylation sites (tertiary alicyclic amines) is 1. The Bertz CT molecular complexity index is 1120. The van der Waals surface area contributed by atoms with Crippen LogP contribution in [-0.4, -0.2) is 59.7 Å². The van der Waals surface area contributed by atoms with E-state index < -0.39 is 12.3 Å². The number of hydrogen-bond donors (Lipinski definition) is 0. The Kier molecular flexibility index (Phi) is 7.11. The Balaban J connectivity index is 1.54. The molecule has 34 heavy (non-hydrogen) atoms. The van der Waals surface area contributed by atoms with Crippen LogP contribution in [0.3, 0.4) is 0 Å². The number of hydrogen-bond acceptors (Lipinski definition) is 7. The standard InChI is InChI=1S/C23H25F3N6O2/c1-30-9-7-18(8-10-30)31(2)20-11-16(24)4-6-19(20)32(14-33)13-17-5-3-15(12-27-17)22-28-29-23(34-22)21(25)26/h3-6,11-12,14,18,21H,7-10,13H2,1-2H3. The second-order valence-corrected chi connectivity index (χ2v) is 8.30. The number of carbonyl (C=O) groups is 1. The SMILES string of the molecule is CN1CCC(N(C)c2cc(F)ccc2N(C=O)Cc2ccc(-c3nnc(C(F)F)o3)cn2)CC1. The Labute approximate surface area is 195 Å². The summed E-state index contributed by atoms with van der Waals surface area (Å²) in [5, 5.41) is 6.91. The number of amides is 1. The molecule has 2 aromatic heterocycles. The predicted octanol–water partition coefficient (Wildman–Crippen LogP) is 3.90. The number of pyridine rings is 1. The van der Waals surface area contributed by atoms with Gasteiger partial charge in [-0.15, -0.1) is 10.2 Å². The number of nitrogens with zero attached hydrogens (tertiary/aromatic N) is 6. The molecule has 0 radical (unpaired) electrons. The van der Waals surface area contributed by atoms with Crippen molar-refractivity contribution in [3.63, 3.8) is 0 Å². The first-order valence-electron chi connectivity index (χ1n) is 10.9. The first-order valence-corrected chi connectivity index (χ1v) is 10.9. The van der Waals surface area contributed by atoms with E-state index in [9.17, 15) is 18.0 Å². The number of anilines is 2. The third kappa shape index (κ3) is 5.19. The lowest BCUT2D eigenvalue weighted by Crippen LogP contribution is -2.42. The molecule has 0 unspecified atom stereocenters. The minimum atomic E-state index is -2.85. The molecule has 180 valence electrons. The molecule has 0 N–H and O–H groups in total. The summed E-state index contributed by atoms with van der Waals surface area (Å²) in [4.78, 5) is 22.1. The van der Waals surface area contributed by atoms with E-state index in [0.29, 0.717) is 29.0 Å². The van der Waals surface area contributed by atoms with Gasteiger partial charge in [0, 0.05) is 19.3 Å². The van der Waals surface area contributed by atoms with Crippen molar-refractivity contribution >= 4 is 17.8 Å². The van der Waals surface area contributed by atoms with E-state index in [1.807, 2.05) is 11.9 Å².